The van der Waals surface area contributed by atoms with E-state index in [0.717, 1.165) is 34.3 Å². The molecule has 19 heavy (non-hydrogen) atoms. The van der Waals surface area contributed by atoms with Crippen LogP contribution < -0.4 is 5.73 Å². The molecule has 0 amide bonds. The van der Waals surface area contributed by atoms with Crippen molar-refractivity contribution in [2.75, 3.05) is 0 Å². The van der Waals surface area contributed by atoms with E-state index in [1.54, 1.807) is 0 Å². The molecule has 2 N–H and O–H groups in total. The van der Waals surface area contributed by atoms with Gasteiger partial charge in [-0.3, -0.25) is 0 Å². The number of halogens is 2. The minimum absolute atomic E-state index is 0.00399. The van der Waals surface area contributed by atoms with Crippen LogP contribution in [0.15, 0.2) is 53.0 Å². The first-order chi connectivity index (χ1) is 9.16. The van der Waals surface area contributed by atoms with Gasteiger partial charge in [-0.2, -0.15) is 0 Å². The summed E-state index contributed by atoms with van der Waals surface area (Å²) < 4.78 is 0.984. The zero-order valence-corrected chi connectivity index (χ0v) is 13.0. The molecule has 0 aliphatic carbocycles. The molecule has 0 aromatic heterocycles. The Hall–Kier alpha value is -0.830. The zero-order valence-electron chi connectivity index (χ0n) is 10.7. The van der Waals surface area contributed by atoms with Gasteiger partial charge in [0.25, 0.3) is 0 Å². The van der Waals surface area contributed by atoms with Crippen molar-refractivity contribution in [2.24, 2.45) is 5.73 Å². The van der Waals surface area contributed by atoms with Gasteiger partial charge in [-0.1, -0.05) is 63.9 Å². The number of hydrogen-bond acceptors (Lipinski definition) is 1. The Labute approximate surface area is 127 Å². The van der Waals surface area contributed by atoms with Gasteiger partial charge in [-0.05, 0) is 42.5 Å². The number of aryl methyl sites for hydroxylation is 1. The summed E-state index contributed by atoms with van der Waals surface area (Å²) in [6.45, 7) is 0. The van der Waals surface area contributed by atoms with Crippen LogP contribution in [0.2, 0.25) is 5.02 Å². The van der Waals surface area contributed by atoms with Crippen molar-refractivity contribution < 1.29 is 0 Å². The van der Waals surface area contributed by atoms with Crippen LogP contribution in [0.3, 0.4) is 0 Å². The third kappa shape index (κ3) is 4.34. The van der Waals surface area contributed by atoms with E-state index in [9.17, 15) is 0 Å². The standard InChI is InChI=1S/C16H17BrClN/c17-13-9-10-14(15(18)11-13)16(19)8-4-7-12-5-2-1-3-6-12/h1-3,5-6,9-11,16H,4,7-8,19H2. The number of benzene rings is 2. The molecule has 0 aliphatic rings. The number of nitrogens with two attached hydrogens (primary N) is 1. The molecule has 0 saturated carbocycles. The van der Waals surface area contributed by atoms with Crippen molar-refractivity contribution in [2.45, 2.75) is 25.3 Å². The summed E-state index contributed by atoms with van der Waals surface area (Å²) in [5.74, 6) is 0. The van der Waals surface area contributed by atoms with Crippen LogP contribution in [0.4, 0.5) is 0 Å². The molecule has 2 aromatic carbocycles. The molecule has 0 bridgehead atoms. The van der Waals surface area contributed by atoms with Crippen molar-refractivity contribution in [3.8, 4) is 0 Å². The Morgan fingerprint density at radius 2 is 1.84 bits per heavy atom. The minimum Gasteiger partial charge on any atom is -0.324 e. The van der Waals surface area contributed by atoms with Gasteiger partial charge in [0.05, 0.1) is 0 Å². The second-order valence-electron chi connectivity index (χ2n) is 4.65. The first-order valence-corrected chi connectivity index (χ1v) is 7.58. The molecule has 1 atom stereocenters. The lowest BCUT2D eigenvalue weighted by Gasteiger charge is -2.14. The highest BCUT2D eigenvalue weighted by Gasteiger charge is 2.10. The zero-order chi connectivity index (χ0) is 13.7. The summed E-state index contributed by atoms with van der Waals surface area (Å²) in [6.07, 6.45) is 3.07. The van der Waals surface area contributed by atoms with Crippen molar-refractivity contribution in [1.82, 2.24) is 0 Å². The van der Waals surface area contributed by atoms with E-state index in [4.69, 9.17) is 17.3 Å². The molecule has 0 heterocycles. The maximum Gasteiger partial charge on any atom is 0.0464 e. The highest BCUT2D eigenvalue weighted by Crippen LogP contribution is 2.27. The Bertz CT molecular complexity index is 528. The summed E-state index contributed by atoms with van der Waals surface area (Å²) in [7, 11) is 0. The molecule has 2 rings (SSSR count). The molecule has 2 aromatic rings. The van der Waals surface area contributed by atoms with Gasteiger partial charge in [0.1, 0.15) is 0 Å². The van der Waals surface area contributed by atoms with Crippen LogP contribution in [0.1, 0.15) is 30.0 Å². The number of rotatable bonds is 5. The van der Waals surface area contributed by atoms with Crippen molar-refractivity contribution in [3.63, 3.8) is 0 Å². The molecule has 1 nitrogen and oxygen atoms in total. The predicted octanol–water partition coefficient (Wildman–Crippen LogP) is 5.13. The number of hydrogen-bond donors (Lipinski definition) is 1. The van der Waals surface area contributed by atoms with Crippen LogP contribution in [-0.4, -0.2) is 0 Å². The largest absolute Gasteiger partial charge is 0.324 e. The first kappa shape index (κ1) is 14.6. The summed E-state index contributed by atoms with van der Waals surface area (Å²) in [5, 5.41) is 0.738. The lowest BCUT2D eigenvalue weighted by Crippen LogP contribution is -2.11. The van der Waals surface area contributed by atoms with Crippen LogP contribution >= 0.6 is 27.5 Å². The molecule has 0 fully saturated rings. The van der Waals surface area contributed by atoms with Gasteiger partial charge in [-0.25, -0.2) is 0 Å². The first-order valence-electron chi connectivity index (χ1n) is 6.41. The average Bonchev–Trinajstić information content (AvgIpc) is 2.39. The Kier molecular flexibility index (Phi) is 5.44. The average molecular weight is 339 g/mol. The highest BCUT2D eigenvalue weighted by molar-refractivity contribution is 9.10. The third-order valence-corrected chi connectivity index (χ3v) is 4.01. The molecule has 3 heteroatoms. The molecular weight excluding hydrogens is 322 g/mol. The molecular formula is C16H17BrClN. The Morgan fingerprint density at radius 1 is 1.11 bits per heavy atom. The predicted molar refractivity (Wildman–Crippen MR) is 85.5 cm³/mol. The van der Waals surface area contributed by atoms with Gasteiger partial charge in [0.2, 0.25) is 0 Å². The van der Waals surface area contributed by atoms with Gasteiger partial charge in [0.15, 0.2) is 0 Å². The molecule has 0 aliphatic heterocycles. The Balaban J connectivity index is 1.89. The second kappa shape index (κ2) is 7.09. The van der Waals surface area contributed by atoms with Gasteiger partial charge < -0.3 is 5.73 Å². The fourth-order valence-electron chi connectivity index (χ4n) is 2.13. The normalized spacial score (nSPS) is 12.4. The van der Waals surface area contributed by atoms with Crippen LogP contribution in [0.25, 0.3) is 0 Å². The fourth-order valence-corrected chi connectivity index (χ4v) is 2.94. The van der Waals surface area contributed by atoms with Gasteiger partial charge >= 0.3 is 0 Å². The summed E-state index contributed by atoms with van der Waals surface area (Å²) >= 11 is 9.61. The van der Waals surface area contributed by atoms with Crippen molar-refractivity contribution in [1.29, 1.82) is 0 Å². The van der Waals surface area contributed by atoms with E-state index < -0.39 is 0 Å². The van der Waals surface area contributed by atoms with Crippen molar-refractivity contribution >= 4 is 27.5 Å². The highest BCUT2D eigenvalue weighted by atomic mass is 79.9. The SMILES string of the molecule is NC(CCCc1ccccc1)c1ccc(Br)cc1Cl. The van der Waals surface area contributed by atoms with Crippen molar-refractivity contribution in [3.05, 3.63) is 69.2 Å². The lowest BCUT2D eigenvalue weighted by molar-refractivity contribution is 0.611. The van der Waals surface area contributed by atoms with E-state index >= 15 is 0 Å². The van der Waals surface area contributed by atoms with Gasteiger partial charge in [0, 0.05) is 15.5 Å². The van der Waals surface area contributed by atoms with E-state index in [1.165, 1.54) is 5.56 Å². The van der Waals surface area contributed by atoms with Crippen LogP contribution in [-0.2, 0) is 6.42 Å². The van der Waals surface area contributed by atoms with E-state index in [1.807, 2.05) is 24.3 Å². The molecule has 100 valence electrons. The topological polar surface area (TPSA) is 26.0 Å². The Morgan fingerprint density at radius 3 is 2.53 bits per heavy atom. The van der Waals surface area contributed by atoms with E-state index in [0.29, 0.717) is 0 Å². The lowest BCUT2D eigenvalue weighted by atomic mass is 10.00. The molecule has 0 spiro atoms. The smallest absolute Gasteiger partial charge is 0.0464 e. The third-order valence-electron chi connectivity index (χ3n) is 3.19. The monoisotopic (exact) mass is 337 g/mol. The maximum atomic E-state index is 6.21. The van der Waals surface area contributed by atoms with Crippen LogP contribution in [0.5, 0.6) is 0 Å². The second-order valence-corrected chi connectivity index (χ2v) is 5.97. The molecule has 1 unspecified atom stereocenters. The maximum absolute atomic E-state index is 6.21. The quantitative estimate of drug-likeness (QED) is 0.804. The molecule has 0 saturated heterocycles. The summed E-state index contributed by atoms with van der Waals surface area (Å²) in [5.41, 5.74) is 8.59. The van der Waals surface area contributed by atoms with Gasteiger partial charge in [-0.15, -0.1) is 0 Å². The molecule has 0 radical (unpaired) electrons. The van der Waals surface area contributed by atoms with E-state index in [-0.39, 0.29) is 6.04 Å². The van der Waals surface area contributed by atoms with Crippen LogP contribution in [0, 0.1) is 0 Å². The fraction of sp³-hybridized carbons (Fsp3) is 0.250. The summed E-state index contributed by atoms with van der Waals surface area (Å²) in [6, 6.07) is 16.4. The van der Waals surface area contributed by atoms with E-state index in [2.05, 4.69) is 40.2 Å². The summed E-state index contributed by atoms with van der Waals surface area (Å²) in [4.78, 5) is 0. The minimum atomic E-state index is 0.00399.